The van der Waals surface area contributed by atoms with Crippen molar-refractivity contribution in [3.63, 3.8) is 0 Å². The molecule has 41 heavy (non-hydrogen) atoms. The molecule has 2 saturated heterocycles. The quantitative estimate of drug-likeness (QED) is 0.353. The van der Waals surface area contributed by atoms with Gasteiger partial charge in [0.1, 0.15) is 5.82 Å². The van der Waals surface area contributed by atoms with Crippen LogP contribution in [0.25, 0.3) is 11.0 Å². The van der Waals surface area contributed by atoms with Gasteiger partial charge in [0.25, 0.3) is 5.91 Å². The van der Waals surface area contributed by atoms with Crippen LogP contribution >= 0.6 is 0 Å². The number of aryl methyl sites for hydroxylation is 1. The summed E-state index contributed by atoms with van der Waals surface area (Å²) in [5.74, 6) is 0.100. The number of hydrogen-bond donors (Lipinski definition) is 2. The number of anilines is 1. The standard InChI is InChI=1S/C29H32FN5O6/c1-2-38-25(37)16-40-24-6-4-21-26(35-24)19(20(30)14-31-21)7-8-29-11-9-28(10-12-29,17-41-29)32-13-18-3-5-22-27(33-18)34-23(36)15-39-22/h3-6,14,32H,2,7-13,15-17H2,1H3,(H,33,34,36). The number of carbonyl (C=O) groups is 2. The molecule has 3 aromatic rings. The Bertz CT molecular complexity index is 1460. The highest BCUT2D eigenvalue weighted by Crippen LogP contribution is 2.46. The van der Waals surface area contributed by atoms with E-state index < -0.39 is 11.8 Å². The van der Waals surface area contributed by atoms with Crippen molar-refractivity contribution in [1.29, 1.82) is 0 Å². The van der Waals surface area contributed by atoms with Gasteiger partial charge in [0.2, 0.25) is 5.88 Å². The topological polar surface area (TPSA) is 134 Å². The first kappa shape index (κ1) is 27.3. The van der Waals surface area contributed by atoms with E-state index in [-0.39, 0.29) is 42.7 Å². The Morgan fingerprint density at radius 2 is 2.02 bits per heavy atom. The number of halogens is 1. The van der Waals surface area contributed by atoms with E-state index in [9.17, 15) is 9.59 Å². The third-order valence-electron chi connectivity index (χ3n) is 8.16. The summed E-state index contributed by atoms with van der Waals surface area (Å²) in [6, 6.07) is 7.04. The lowest BCUT2D eigenvalue weighted by molar-refractivity contribution is -0.165. The Morgan fingerprint density at radius 3 is 2.80 bits per heavy atom. The highest BCUT2D eigenvalue weighted by Gasteiger charge is 2.49. The molecule has 216 valence electrons. The number of nitrogens with one attached hydrogen (secondary N) is 2. The van der Waals surface area contributed by atoms with Gasteiger partial charge in [-0.05, 0) is 63.6 Å². The van der Waals surface area contributed by atoms with Gasteiger partial charge in [-0.3, -0.25) is 9.78 Å². The van der Waals surface area contributed by atoms with E-state index in [2.05, 4.69) is 25.6 Å². The Labute approximate surface area is 236 Å². The molecule has 6 heterocycles. The third kappa shape index (κ3) is 5.80. The second-order valence-electron chi connectivity index (χ2n) is 10.8. The van der Waals surface area contributed by atoms with E-state index in [0.29, 0.717) is 54.2 Å². The Morgan fingerprint density at radius 1 is 1.17 bits per heavy atom. The van der Waals surface area contributed by atoms with Gasteiger partial charge in [-0.15, -0.1) is 0 Å². The number of pyridine rings is 3. The van der Waals surface area contributed by atoms with E-state index in [1.165, 1.54) is 6.20 Å². The van der Waals surface area contributed by atoms with Crippen molar-refractivity contribution in [3.8, 4) is 11.6 Å². The zero-order valence-corrected chi connectivity index (χ0v) is 22.8. The summed E-state index contributed by atoms with van der Waals surface area (Å²) in [5, 5.41) is 6.40. The fourth-order valence-electron chi connectivity index (χ4n) is 5.78. The molecule has 2 bridgehead atoms. The van der Waals surface area contributed by atoms with Crippen molar-refractivity contribution in [1.82, 2.24) is 20.3 Å². The van der Waals surface area contributed by atoms with Gasteiger partial charge in [-0.2, -0.15) is 0 Å². The maximum Gasteiger partial charge on any atom is 0.344 e. The summed E-state index contributed by atoms with van der Waals surface area (Å²) in [7, 11) is 0. The van der Waals surface area contributed by atoms with Gasteiger partial charge in [-0.1, -0.05) is 0 Å². The molecule has 0 spiro atoms. The summed E-state index contributed by atoms with van der Waals surface area (Å²) < 4.78 is 37.2. The summed E-state index contributed by atoms with van der Waals surface area (Å²) in [5.41, 5.74) is 1.77. The smallest absolute Gasteiger partial charge is 0.344 e. The minimum Gasteiger partial charge on any atom is -0.480 e. The summed E-state index contributed by atoms with van der Waals surface area (Å²) in [4.78, 5) is 36.5. The van der Waals surface area contributed by atoms with Crippen LogP contribution in [-0.4, -0.2) is 64.4 Å². The number of hydrogen-bond acceptors (Lipinski definition) is 10. The Balaban J connectivity index is 1.08. The second kappa shape index (κ2) is 11.2. The zero-order valence-electron chi connectivity index (χ0n) is 22.8. The molecule has 0 atom stereocenters. The van der Waals surface area contributed by atoms with Crippen LogP contribution in [0, 0.1) is 5.82 Å². The number of carbonyl (C=O) groups excluding carboxylic acids is 2. The molecule has 0 radical (unpaired) electrons. The number of ether oxygens (including phenoxy) is 4. The number of fused-ring (bicyclic) bond motifs is 5. The Kier molecular flexibility index (Phi) is 7.43. The van der Waals surface area contributed by atoms with Crippen molar-refractivity contribution < 1.29 is 32.9 Å². The molecule has 3 aliphatic heterocycles. The molecule has 1 aliphatic carbocycles. The highest BCUT2D eigenvalue weighted by molar-refractivity contribution is 5.94. The van der Waals surface area contributed by atoms with Crippen molar-refractivity contribution in [2.45, 2.75) is 63.1 Å². The molecule has 12 heteroatoms. The van der Waals surface area contributed by atoms with E-state index >= 15 is 4.39 Å². The highest BCUT2D eigenvalue weighted by atomic mass is 19.1. The molecule has 11 nitrogen and oxygen atoms in total. The summed E-state index contributed by atoms with van der Waals surface area (Å²) in [6.07, 6.45) is 5.89. The minimum absolute atomic E-state index is 0.00158. The first-order valence-electron chi connectivity index (χ1n) is 13.9. The maximum absolute atomic E-state index is 15.0. The average molecular weight is 566 g/mol. The monoisotopic (exact) mass is 565 g/mol. The molecule has 0 unspecified atom stereocenters. The van der Waals surface area contributed by atoms with Crippen LogP contribution < -0.4 is 20.1 Å². The number of aromatic nitrogens is 3. The third-order valence-corrected chi connectivity index (χ3v) is 8.16. The van der Waals surface area contributed by atoms with E-state index in [0.717, 1.165) is 31.4 Å². The van der Waals surface area contributed by atoms with Crippen molar-refractivity contribution >= 4 is 28.7 Å². The molecule has 3 aromatic heterocycles. The van der Waals surface area contributed by atoms with Crippen LogP contribution in [0.15, 0.2) is 30.5 Å². The first-order valence-corrected chi connectivity index (χ1v) is 13.9. The van der Waals surface area contributed by atoms with Crippen LogP contribution in [0.1, 0.15) is 50.3 Å². The van der Waals surface area contributed by atoms with E-state index in [4.69, 9.17) is 18.9 Å². The molecule has 1 amide bonds. The SMILES string of the molecule is CCOC(=O)COc1ccc2ncc(F)c(CCC34CCC(NCc5ccc6c(n5)NC(=O)CO6)(CC3)CO4)c2n1. The van der Waals surface area contributed by atoms with Crippen molar-refractivity contribution in [3.05, 3.63) is 47.5 Å². The van der Waals surface area contributed by atoms with Crippen LogP contribution in [0.5, 0.6) is 11.6 Å². The van der Waals surface area contributed by atoms with Gasteiger partial charge in [-0.25, -0.2) is 19.2 Å². The fourth-order valence-corrected chi connectivity index (χ4v) is 5.78. The van der Waals surface area contributed by atoms with Gasteiger partial charge < -0.3 is 29.6 Å². The van der Waals surface area contributed by atoms with Crippen LogP contribution in [-0.2, 0) is 32.0 Å². The fraction of sp³-hybridized carbons (Fsp3) is 0.483. The van der Waals surface area contributed by atoms with Crippen molar-refractivity contribution in [2.24, 2.45) is 0 Å². The van der Waals surface area contributed by atoms with E-state index in [1.54, 1.807) is 19.1 Å². The molecule has 3 fully saturated rings. The number of nitrogens with zero attached hydrogens (tertiary/aromatic N) is 3. The van der Waals surface area contributed by atoms with Crippen LogP contribution in [0.3, 0.4) is 0 Å². The molecular weight excluding hydrogens is 533 g/mol. The van der Waals surface area contributed by atoms with Gasteiger partial charge >= 0.3 is 5.97 Å². The van der Waals surface area contributed by atoms with Gasteiger partial charge in [0, 0.05) is 23.7 Å². The first-order chi connectivity index (χ1) is 19.9. The second-order valence-corrected chi connectivity index (χ2v) is 10.8. The minimum atomic E-state index is -0.495. The molecule has 1 saturated carbocycles. The lowest BCUT2D eigenvalue weighted by atomic mass is 9.69. The molecule has 7 rings (SSSR count). The largest absolute Gasteiger partial charge is 0.480 e. The lowest BCUT2D eigenvalue weighted by Gasteiger charge is -2.53. The molecule has 4 aliphatic rings. The van der Waals surface area contributed by atoms with Crippen LogP contribution in [0.2, 0.25) is 0 Å². The van der Waals surface area contributed by atoms with Gasteiger partial charge in [0.15, 0.2) is 24.8 Å². The summed E-state index contributed by atoms with van der Waals surface area (Å²) in [6.45, 7) is 2.81. The van der Waals surface area contributed by atoms with Crippen LogP contribution in [0.4, 0.5) is 10.2 Å². The molecule has 0 aromatic carbocycles. The number of rotatable bonds is 10. The maximum atomic E-state index is 15.0. The van der Waals surface area contributed by atoms with Crippen molar-refractivity contribution in [2.75, 3.05) is 31.7 Å². The number of amides is 1. The number of esters is 1. The average Bonchev–Trinajstić information content (AvgIpc) is 2.99. The zero-order chi connectivity index (χ0) is 28.5. The lowest BCUT2D eigenvalue weighted by Crippen LogP contribution is -2.61. The summed E-state index contributed by atoms with van der Waals surface area (Å²) >= 11 is 0. The molecule has 2 N–H and O–H groups in total. The van der Waals surface area contributed by atoms with E-state index in [1.807, 2.05) is 12.1 Å². The van der Waals surface area contributed by atoms with Gasteiger partial charge in [0.05, 0.1) is 41.7 Å². The Hall–Kier alpha value is -3.90. The predicted octanol–water partition coefficient (Wildman–Crippen LogP) is 3.24. The predicted molar refractivity (Wildman–Crippen MR) is 145 cm³/mol. The normalized spacial score (nSPS) is 23.0. The molecular formula is C29H32FN5O6.